The van der Waals surface area contributed by atoms with Crippen LogP contribution in [0.4, 0.5) is 4.79 Å². The Bertz CT molecular complexity index is 521. The zero-order valence-corrected chi connectivity index (χ0v) is 12.6. The highest BCUT2D eigenvalue weighted by Gasteiger charge is 2.22. The number of H-pyrrole nitrogens is 1. The first kappa shape index (κ1) is 16.1. The predicted molar refractivity (Wildman–Crippen MR) is 79.2 cm³/mol. The van der Waals surface area contributed by atoms with E-state index in [0.717, 1.165) is 25.7 Å². The van der Waals surface area contributed by atoms with Crippen molar-refractivity contribution in [3.8, 4) is 0 Å². The standard InChI is InChI=1S/C15H21N3O4/c1-10(22-14(20)12-8-5-9-16-12)13(19)18-15(21)17-11-6-3-2-4-7-11/h5,8-11,16H,2-4,6-7H2,1H3,(H2,17,18,19,21)/t10-/m0/s1. The number of esters is 1. The molecule has 1 aromatic heterocycles. The van der Waals surface area contributed by atoms with Crippen molar-refractivity contribution in [3.05, 3.63) is 24.0 Å². The largest absolute Gasteiger partial charge is 0.448 e. The normalized spacial score (nSPS) is 16.6. The highest BCUT2D eigenvalue weighted by molar-refractivity contribution is 5.98. The molecule has 2 rings (SSSR count). The Balaban J connectivity index is 1.75. The second kappa shape index (κ2) is 7.63. The number of aromatic nitrogens is 1. The molecule has 1 aliphatic carbocycles. The van der Waals surface area contributed by atoms with E-state index >= 15 is 0 Å². The fraction of sp³-hybridized carbons (Fsp3) is 0.533. The van der Waals surface area contributed by atoms with Crippen molar-refractivity contribution in [2.24, 2.45) is 0 Å². The minimum absolute atomic E-state index is 0.110. The summed E-state index contributed by atoms with van der Waals surface area (Å²) in [6.07, 6.45) is 5.75. The molecule has 1 aliphatic rings. The average Bonchev–Trinajstić information content (AvgIpc) is 3.02. The molecule has 1 aromatic rings. The van der Waals surface area contributed by atoms with E-state index in [1.54, 1.807) is 18.3 Å². The van der Waals surface area contributed by atoms with Gasteiger partial charge in [0.1, 0.15) is 5.69 Å². The Labute approximate surface area is 128 Å². The predicted octanol–water partition coefficient (Wildman–Crippen LogP) is 1.72. The van der Waals surface area contributed by atoms with Crippen molar-refractivity contribution in [2.45, 2.75) is 51.2 Å². The fourth-order valence-electron chi connectivity index (χ4n) is 2.42. The van der Waals surface area contributed by atoms with Crippen molar-refractivity contribution >= 4 is 17.9 Å². The molecule has 1 saturated carbocycles. The second-order valence-corrected chi connectivity index (χ2v) is 5.43. The number of aromatic amines is 1. The molecule has 0 saturated heterocycles. The summed E-state index contributed by atoms with van der Waals surface area (Å²) in [6.45, 7) is 1.42. The molecule has 0 bridgehead atoms. The van der Waals surface area contributed by atoms with E-state index in [2.05, 4.69) is 15.6 Å². The van der Waals surface area contributed by atoms with Crippen LogP contribution in [0.3, 0.4) is 0 Å². The zero-order valence-electron chi connectivity index (χ0n) is 12.6. The lowest BCUT2D eigenvalue weighted by molar-refractivity contribution is -0.127. The van der Waals surface area contributed by atoms with Gasteiger partial charge in [-0.15, -0.1) is 0 Å². The van der Waals surface area contributed by atoms with Crippen molar-refractivity contribution in [1.82, 2.24) is 15.6 Å². The summed E-state index contributed by atoms with van der Waals surface area (Å²) in [5.74, 6) is -1.28. The molecule has 22 heavy (non-hydrogen) atoms. The first-order chi connectivity index (χ1) is 10.6. The molecule has 0 radical (unpaired) electrons. The van der Waals surface area contributed by atoms with Crippen LogP contribution in [0.2, 0.25) is 0 Å². The van der Waals surface area contributed by atoms with Gasteiger partial charge in [0.05, 0.1) is 0 Å². The Morgan fingerprint density at radius 1 is 1.27 bits per heavy atom. The molecule has 7 nitrogen and oxygen atoms in total. The zero-order chi connectivity index (χ0) is 15.9. The van der Waals surface area contributed by atoms with Gasteiger partial charge >= 0.3 is 12.0 Å². The van der Waals surface area contributed by atoms with Crippen LogP contribution in [0.15, 0.2) is 18.3 Å². The van der Waals surface area contributed by atoms with Crippen LogP contribution in [0.25, 0.3) is 0 Å². The number of carbonyl (C=O) groups excluding carboxylic acids is 3. The lowest BCUT2D eigenvalue weighted by Crippen LogP contribution is -2.48. The molecule has 7 heteroatoms. The number of rotatable bonds is 4. The van der Waals surface area contributed by atoms with Gasteiger partial charge in [-0.05, 0) is 31.9 Å². The van der Waals surface area contributed by atoms with Crippen LogP contribution < -0.4 is 10.6 Å². The maximum absolute atomic E-state index is 11.8. The summed E-state index contributed by atoms with van der Waals surface area (Å²) in [4.78, 5) is 38.0. The maximum Gasteiger partial charge on any atom is 0.355 e. The fourth-order valence-corrected chi connectivity index (χ4v) is 2.42. The number of hydrogen-bond acceptors (Lipinski definition) is 4. The number of urea groups is 1. The van der Waals surface area contributed by atoms with E-state index < -0.39 is 24.0 Å². The molecule has 0 unspecified atom stereocenters. The Hall–Kier alpha value is -2.31. The van der Waals surface area contributed by atoms with E-state index in [1.165, 1.54) is 13.3 Å². The third-order valence-electron chi connectivity index (χ3n) is 3.65. The summed E-state index contributed by atoms with van der Waals surface area (Å²) >= 11 is 0. The third kappa shape index (κ3) is 4.61. The Morgan fingerprint density at radius 2 is 2.00 bits per heavy atom. The van der Waals surface area contributed by atoms with Gasteiger partial charge in [0.15, 0.2) is 6.10 Å². The molecule has 3 N–H and O–H groups in total. The summed E-state index contributed by atoms with van der Waals surface area (Å²) in [5.41, 5.74) is 0.256. The van der Waals surface area contributed by atoms with E-state index in [0.29, 0.717) is 0 Å². The van der Waals surface area contributed by atoms with Gasteiger partial charge in [-0.25, -0.2) is 9.59 Å². The smallest absolute Gasteiger partial charge is 0.355 e. The first-order valence-electron chi connectivity index (χ1n) is 7.52. The van der Waals surface area contributed by atoms with E-state index in [-0.39, 0.29) is 11.7 Å². The van der Waals surface area contributed by atoms with Gasteiger partial charge in [0.25, 0.3) is 5.91 Å². The molecule has 0 aromatic carbocycles. The van der Waals surface area contributed by atoms with Crippen LogP contribution in [0.5, 0.6) is 0 Å². The molecular formula is C15H21N3O4. The summed E-state index contributed by atoms with van der Waals surface area (Å²) in [5, 5.41) is 4.97. The highest BCUT2D eigenvalue weighted by atomic mass is 16.5. The van der Waals surface area contributed by atoms with Crippen LogP contribution >= 0.6 is 0 Å². The number of amides is 3. The molecule has 120 valence electrons. The van der Waals surface area contributed by atoms with Gasteiger partial charge in [0.2, 0.25) is 0 Å². The molecular weight excluding hydrogens is 286 g/mol. The summed E-state index contributed by atoms with van der Waals surface area (Å²) in [6, 6.07) is 2.76. The molecule has 0 aliphatic heterocycles. The molecule has 3 amide bonds. The van der Waals surface area contributed by atoms with Crippen molar-refractivity contribution in [3.63, 3.8) is 0 Å². The number of hydrogen-bond donors (Lipinski definition) is 3. The van der Waals surface area contributed by atoms with Crippen LogP contribution in [0.1, 0.15) is 49.5 Å². The topological polar surface area (TPSA) is 100 Å². The maximum atomic E-state index is 11.8. The quantitative estimate of drug-likeness (QED) is 0.737. The second-order valence-electron chi connectivity index (χ2n) is 5.43. The van der Waals surface area contributed by atoms with Gasteiger partial charge in [0, 0.05) is 12.2 Å². The van der Waals surface area contributed by atoms with Crippen molar-refractivity contribution < 1.29 is 19.1 Å². The Kier molecular flexibility index (Phi) is 5.57. The minimum Gasteiger partial charge on any atom is -0.448 e. The lowest BCUT2D eigenvalue weighted by Gasteiger charge is -2.23. The summed E-state index contributed by atoms with van der Waals surface area (Å²) in [7, 11) is 0. The number of carbonyl (C=O) groups is 3. The summed E-state index contributed by atoms with van der Waals surface area (Å²) < 4.78 is 4.99. The lowest BCUT2D eigenvalue weighted by atomic mass is 9.96. The average molecular weight is 307 g/mol. The van der Waals surface area contributed by atoms with Gasteiger partial charge in [-0.1, -0.05) is 19.3 Å². The number of imide groups is 1. The van der Waals surface area contributed by atoms with Crippen LogP contribution in [-0.2, 0) is 9.53 Å². The Morgan fingerprint density at radius 3 is 2.64 bits per heavy atom. The van der Waals surface area contributed by atoms with E-state index in [9.17, 15) is 14.4 Å². The SMILES string of the molecule is C[C@H](OC(=O)c1ccc[nH]1)C(=O)NC(=O)NC1CCCCC1. The van der Waals surface area contributed by atoms with Crippen molar-refractivity contribution in [1.29, 1.82) is 0 Å². The van der Waals surface area contributed by atoms with E-state index in [1.807, 2.05) is 0 Å². The van der Waals surface area contributed by atoms with Crippen LogP contribution in [-0.4, -0.2) is 35.0 Å². The monoisotopic (exact) mass is 307 g/mol. The molecule has 1 atom stereocenters. The minimum atomic E-state index is -1.05. The van der Waals surface area contributed by atoms with Gasteiger partial charge < -0.3 is 15.0 Å². The van der Waals surface area contributed by atoms with Crippen molar-refractivity contribution in [2.75, 3.05) is 0 Å². The van der Waals surface area contributed by atoms with Gasteiger partial charge in [-0.3, -0.25) is 10.1 Å². The molecule has 1 fully saturated rings. The molecule has 0 spiro atoms. The first-order valence-corrected chi connectivity index (χ1v) is 7.52. The molecule has 1 heterocycles. The number of ether oxygens (including phenoxy) is 1. The highest BCUT2D eigenvalue weighted by Crippen LogP contribution is 2.17. The van der Waals surface area contributed by atoms with Gasteiger partial charge in [-0.2, -0.15) is 0 Å². The number of nitrogens with one attached hydrogen (secondary N) is 3. The van der Waals surface area contributed by atoms with Crippen LogP contribution in [0, 0.1) is 0 Å². The third-order valence-corrected chi connectivity index (χ3v) is 3.65. The van der Waals surface area contributed by atoms with E-state index in [4.69, 9.17) is 4.74 Å².